The highest BCUT2D eigenvalue weighted by Crippen LogP contribution is 2.33. The van der Waals surface area contributed by atoms with Gasteiger partial charge in [0.15, 0.2) is 11.5 Å². The molecular formula is C25H27N3O6. The van der Waals surface area contributed by atoms with Crippen molar-refractivity contribution in [2.24, 2.45) is 0 Å². The second-order valence-corrected chi connectivity index (χ2v) is 7.50. The minimum Gasteiger partial charge on any atom is -0.494 e. The molecule has 1 aliphatic rings. The van der Waals surface area contributed by atoms with Gasteiger partial charge in [0.1, 0.15) is 18.0 Å². The van der Waals surface area contributed by atoms with E-state index in [1.54, 1.807) is 24.3 Å². The molecule has 3 aromatic rings. The van der Waals surface area contributed by atoms with Gasteiger partial charge < -0.3 is 24.3 Å². The highest BCUT2D eigenvalue weighted by Gasteiger charge is 2.15. The van der Waals surface area contributed by atoms with Crippen LogP contribution >= 0.6 is 0 Å². The number of nitrogens with zero attached hydrogens (tertiary/aromatic N) is 2. The lowest BCUT2D eigenvalue weighted by atomic mass is 10.1. The quantitative estimate of drug-likeness (QED) is 0.543. The van der Waals surface area contributed by atoms with Crippen LogP contribution < -0.4 is 29.8 Å². The van der Waals surface area contributed by atoms with Gasteiger partial charge in [0.25, 0.3) is 5.56 Å². The van der Waals surface area contributed by atoms with Gasteiger partial charge in [0, 0.05) is 24.1 Å². The van der Waals surface area contributed by atoms with Crippen molar-refractivity contribution in [3.63, 3.8) is 0 Å². The van der Waals surface area contributed by atoms with Crippen LogP contribution in [0.3, 0.4) is 0 Å². The van der Waals surface area contributed by atoms with E-state index in [9.17, 15) is 9.59 Å². The lowest BCUT2D eigenvalue weighted by Crippen LogP contribution is -2.29. The Bertz CT molecular complexity index is 1220. The predicted molar refractivity (Wildman–Crippen MR) is 127 cm³/mol. The third-order valence-electron chi connectivity index (χ3n) is 5.04. The first-order chi connectivity index (χ1) is 16.6. The SMILES string of the molecule is CCOc1ccc(OCC)c(NC(=O)Cn2nc(-c3ccc4c(c3)OCCCO4)ccc2=O)c1. The third kappa shape index (κ3) is 5.48. The molecule has 1 amide bonds. The summed E-state index contributed by atoms with van der Waals surface area (Å²) in [6, 6.07) is 13.7. The number of carbonyl (C=O) groups excluding carboxylic acids is 1. The second kappa shape index (κ2) is 10.7. The number of rotatable bonds is 8. The summed E-state index contributed by atoms with van der Waals surface area (Å²) >= 11 is 0. The molecule has 0 saturated heterocycles. The second-order valence-electron chi connectivity index (χ2n) is 7.50. The van der Waals surface area contributed by atoms with Crippen molar-refractivity contribution in [1.29, 1.82) is 0 Å². The van der Waals surface area contributed by atoms with E-state index in [2.05, 4.69) is 10.4 Å². The number of benzene rings is 2. The third-order valence-corrected chi connectivity index (χ3v) is 5.04. The highest BCUT2D eigenvalue weighted by atomic mass is 16.5. The van der Waals surface area contributed by atoms with Gasteiger partial charge in [-0.1, -0.05) is 0 Å². The van der Waals surface area contributed by atoms with E-state index in [1.807, 2.05) is 32.0 Å². The summed E-state index contributed by atoms with van der Waals surface area (Å²) < 4.78 is 23.7. The molecular weight excluding hydrogens is 438 g/mol. The summed E-state index contributed by atoms with van der Waals surface area (Å²) in [4.78, 5) is 25.2. The summed E-state index contributed by atoms with van der Waals surface area (Å²) in [6.07, 6.45) is 0.806. The van der Waals surface area contributed by atoms with Gasteiger partial charge in [-0.3, -0.25) is 9.59 Å². The van der Waals surface area contributed by atoms with Crippen molar-refractivity contribution < 1.29 is 23.7 Å². The molecule has 0 fully saturated rings. The van der Waals surface area contributed by atoms with Gasteiger partial charge in [-0.2, -0.15) is 5.10 Å². The van der Waals surface area contributed by atoms with Crippen LogP contribution in [0, 0.1) is 0 Å². The van der Waals surface area contributed by atoms with Crippen molar-refractivity contribution in [3.05, 3.63) is 58.9 Å². The van der Waals surface area contributed by atoms with Crippen LogP contribution in [0.25, 0.3) is 11.3 Å². The molecule has 4 rings (SSSR count). The van der Waals surface area contributed by atoms with Crippen LogP contribution in [0.15, 0.2) is 53.3 Å². The van der Waals surface area contributed by atoms with Crippen molar-refractivity contribution in [3.8, 4) is 34.3 Å². The Morgan fingerprint density at radius 3 is 2.59 bits per heavy atom. The van der Waals surface area contributed by atoms with E-state index in [-0.39, 0.29) is 12.1 Å². The first-order valence-electron chi connectivity index (χ1n) is 11.2. The van der Waals surface area contributed by atoms with E-state index in [0.29, 0.717) is 60.8 Å². The zero-order chi connectivity index (χ0) is 23.9. The lowest BCUT2D eigenvalue weighted by Gasteiger charge is -2.14. The fourth-order valence-electron chi connectivity index (χ4n) is 3.51. The Kier molecular flexibility index (Phi) is 7.31. The Hall–Kier alpha value is -4.01. The fourth-order valence-corrected chi connectivity index (χ4v) is 3.51. The van der Waals surface area contributed by atoms with Crippen molar-refractivity contribution in [1.82, 2.24) is 9.78 Å². The van der Waals surface area contributed by atoms with Gasteiger partial charge >= 0.3 is 0 Å². The molecule has 1 aliphatic heterocycles. The molecule has 0 saturated carbocycles. The fraction of sp³-hybridized carbons (Fsp3) is 0.320. The number of fused-ring (bicyclic) bond motifs is 1. The molecule has 34 heavy (non-hydrogen) atoms. The van der Waals surface area contributed by atoms with Crippen LogP contribution in [0.2, 0.25) is 0 Å². The monoisotopic (exact) mass is 465 g/mol. The van der Waals surface area contributed by atoms with E-state index in [1.165, 1.54) is 6.07 Å². The van der Waals surface area contributed by atoms with E-state index in [0.717, 1.165) is 16.7 Å². The number of aromatic nitrogens is 2. The van der Waals surface area contributed by atoms with Gasteiger partial charge in [-0.15, -0.1) is 0 Å². The zero-order valence-electron chi connectivity index (χ0n) is 19.2. The Labute approximate surface area is 197 Å². The van der Waals surface area contributed by atoms with Crippen molar-refractivity contribution in [2.45, 2.75) is 26.8 Å². The summed E-state index contributed by atoms with van der Waals surface area (Å²) in [5.41, 5.74) is 1.36. The van der Waals surface area contributed by atoms with E-state index >= 15 is 0 Å². The number of amides is 1. The summed E-state index contributed by atoms with van der Waals surface area (Å²) in [5, 5.41) is 7.19. The molecule has 0 bridgehead atoms. The number of anilines is 1. The number of carbonyl (C=O) groups is 1. The Morgan fingerprint density at radius 1 is 1.00 bits per heavy atom. The number of ether oxygens (including phenoxy) is 4. The molecule has 2 heterocycles. The molecule has 0 atom stereocenters. The molecule has 0 unspecified atom stereocenters. The van der Waals surface area contributed by atoms with E-state index < -0.39 is 5.91 Å². The maximum absolute atomic E-state index is 12.8. The maximum atomic E-state index is 12.8. The van der Waals surface area contributed by atoms with Crippen LogP contribution in [-0.2, 0) is 11.3 Å². The standard InChI is InChI=1S/C25H27N3O6/c1-3-31-18-7-10-21(32-4-2)20(15-18)26-24(29)16-28-25(30)11-8-19(27-28)17-6-9-22-23(14-17)34-13-5-12-33-22/h6-11,14-15H,3-5,12-13,16H2,1-2H3,(H,26,29). The summed E-state index contributed by atoms with van der Waals surface area (Å²) in [7, 11) is 0. The van der Waals surface area contributed by atoms with Crippen LogP contribution in [0.4, 0.5) is 5.69 Å². The lowest BCUT2D eigenvalue weighted by molar-refractivity contribution is -0.117. The smallest absolute Gasteiger partial charge is 0.267 e. The maximum Gasteiger partial charge on any atom is 0.267 e. The van der Waals surface area contributed by atoms with Crippen LogP contribution in [0.1, 0.15) is 20.3 Å². The van der Waals surface area contributed by atoms with Gasteiger partial charge in [-0.05, 0) is 50.2 Å². The molecule has 0 spiro atoms. The average molecular weight is 466 g/mol. The van der Waals surface area contributed by atoms with Crippen LogP contribution in [-0.4, -0.2) is 42.1 Å². The van der Waals surface area contributed by atoms with Crippen LogP contribution in [0.5, 0.6) is 23.0 Å². The van der Waals surface area contributed by atoms with Gasteiger partial charge in [0.05, 0.1) is 37.8 Å². The highest BCUT2D eigenvalue weighted by molar-refractivity contribution is 5.92. The Morgan fingerprint density at radius 2 is 1.79 bits per heavy atom. The normalized spacial score (nSPS) is 12.5. The predicted octanol–water partition coefficient (Wildman–Crippen LogP) is 3.51. The number of hydrogen-bond donors (Lipinski definition) is 1. The molecule has 2 aromatic carbocycles. The van der Waals surface area contributed by atoms with Crippen molar-refractivity contribution in [2.75, 3.05) is 31.7 Å². The molecule has 0 aliphatic carbocycles. The molecule has 0 radical (unpaired) electrons. The number of nitrogens with one attached hydrogen (secondary N) is 1. The van der Waals surface area contributed by atoms with Gasteiger partial charge in [0.2, 0.25) is 5.91 Å². The van der Waals surface area contributed by atoms with E-state index in [4.69, 9.17) is 18.9 Å². The molecule has 178 valence electrons. The molecule has 1 aromatic heterocycles. The first-order valence-corrected chi connectivity index (χ1v) is 11.2. The van der Waals surface area contributed by atoms with Gasteiger partial charge in [-0.25, -0.2) is 4.68 Å². The Balaban J connectivity index is 1.54. The average Bonchev–Trinajstić information content (AvgIpc) is 3.07. The molecule has 1 N–H and O–H groups in total. The first kappa shape index (κ1) is 23.2. The minimum absolute atomic E-state index is 0.262. The molecule has 9 heteroatoms. The summed E-state index contributed by atoms with van der Waals surface area (Å²) in [5.74, 6) is 2.01. The van der Waals surface area contributed by atoms with Crippen molar-refractivity contribution >= 4 is 11.6 Å². The number of hydrogen-bond acceptors (Lipinski definition) is 7. The topological polar surface area (TPSA) is 101 Å². The minimum atomic E-state index is -0.417. The zero-order valence-corrected chi connectivity index (χ0v) is 19.2. The summed E-state index contributed by atoms with van der Waals surface area (Å²) in [6.45, 7) is 5.57. The molecule has 9 nitrogen and oxygen atoms in total. The largest absolute Gasteiger partial charge is 0.494 e.